The van der Waals surface area contributed by atoms with Crippen LogP contribution in [0.1, 0.15) is 16.7 Å². The van der Waals surface area contributed by atoms with Crippen molar-refractivity contribution in [2.45, 2.75) is 20.8 Å². The third kappa shape index (κ3) is 6.87. The Balaban J connectivity index is 0.000000197. The van der Waals surface area contributed by atoms with Gasteiger partial charge in [0.2, 0.25) is 0 Å². The Kier molecular flexibility index (Phi) is 7.87. The van der Waals surface area contributed by atoms with Crippen molar-refractivity contribution in [3.05, 3.63) is 83.4 Å². The fourth-order valence-electron chi connectivity index (χ4n) is 1.91. The van der Waals surface area contributed by atoms with Gasteiger partial charge in [-0.2, -0.15) is 0 Å². The van der Waals surface area contributed by atoms with Gasteiger partial charge in [-0.05, 0) is 67.8 Å². The Morgan fingerprint density at radius 3 is 1.52 bits per heavy atom. The summed E-state index contributed by atoms with van der Waals surface area (Å²) in [5.74, 6) is 0.775. The molecule has 4 heteroatoms. The SMILES string of the molecule is Cc1cc(O)c(C)c(C)c1O.Nc1ccc(O)cc1.c1ccccc1. The smallest absolute Gasteiger partial charge is 0.121 e. The molecule has 0 bridgehead atoms. The molecule has 3 rings (SSSR count). The summed E-state index contributed by atoms with van der Waals surface area (Å²) < 4.78 is 0. The Morgan fingerprint density at radius 2 is 1.12 bits per heavy atom. The second-order valence-corrected chi connectivity index (χ2v) is 5.56. The molecule has 3 aromatic carbocycles. The third-order valence-electron chi connectivity index (χ3n) is 3.59. The topological polar surface area (TPSA) is 86.7 Å². The maximum absolute atomic E-state index is 9.40. The van der Waals surface area contributed by atoms with Crippen LogP contribution in [0.2, 0.25) is 0 Å². The zero-order chi connectivity index (χ0) is 18.8. The van der Waals surface area contributed by atoms with Gasteiger partial charge in [-0.3, -0.25) is 0 Å². The molecule has 0 saturated heterocycles. The minimum Gasteiger partial charge on any atom is -0.508 e. The van der Waals surface area contributed by atoms with E-state index in [0.29, 0.717) is 11.3 Å². The van der Waals surface area contributed by atoms with Crippen LogP contribution in [0.5, 0.6) is 17.2 Å². The number of aryl methyl sites for hydroxylation is 1. The Labute approximate surface area is 148 Å². The zero-order valence-electron chi connectivity index (χ0n) is 14.8. The molecule has 0 saturated carbocycles. The lowest BCUT2D eigenvalue weighted by Gasteiger charge is -2.07. The van der Waals surface area contributed by atoms with Gasteiger partial charge < -0.3 is 21.1 Å². The van der Waals surface area contributed by atoms with Crippen LogP contribution >= 0.6 is 0 Å². The number of nitrogen functional groups attached to an aromatic ring is 1. The van der Waals surface area contributed by atoms with Crippen LogP contribution in [0.3, 0.4) is 0 Å². The summed E-state index contributed by atoms with van der Waals surface area (Å²) >= 11 is 0. The summed E-state index contributed by atoms with van der Waals surface area (Å²) in [6, 6.07) is 20.0. The fourth-order valence-corrected chi connectivity index (χ4v) is 1.91. The number of phenols is 3. The first-order chi connectivity index (χ1) is 11.8. The van der Waals surface area contributed by atoms with Crippen LogP contribution in [0.4, 0.5) is 5.69 Å². The molecule has 0 unspecified atom stereocenters. The summed E-state index contributed by atoms with van der Waals surface area (Å²) in [5.41, 5.74) is 8.19. The minimum absolute atomic E-state index is 0.248. The van der Waals surface area contributed by atoms with Gasteiger partial charge >= 0.3 is 0 Å². The Morgan fingerprint density at radius 1 is 0.680 bits per heavy atom. The first-order valence-electron chi connectivity index (χ1n) is 7.86. The number of benzene rings is 3. The summed E-state index contributed by atoms with van der Waals surface area (Å²) in [6.07, 6.45) is 0. The largest absolute Gasteiger partial charge is 0.508 e. The average Bonchev–Trinajstić information content (AvgIpc) is 2.63. The van der Waals surface area contributed by atoms with Gasteiger partial charge in [0.25, 0.3) is 0 Å². The third-order valence-corrected chi connectivity index (χ3v) is 3.59. The van der Waals surface area contributed by atoms with E-state index in [1.165, 1.54) is 0 Å². The highest BCUT2D eigenvalue weighted by Crippen LogP contribution is 2.30. The maximum Gasteiger partial charge on any atom is 0.121 e. The van der Waals surface area contributed by atoms with Crippen LogP contribution in [-0.2, 0) is 0 Å². The molecule has 0 amide bonds. The number of anilines is 1. The van der Waals surface area contributed by atoms with E-state index in [2.05, 4.69) is 0 Å². The molecule has 0 spiro atoms. The zero-order valence-corrected chi connectivity index (χ0v) is 14.8. The summed E-state index contributed by atoms with van der Waals surface area (Å²) in [4.78, 5) is 0. The molecule has 0 heterocycles. The lowest BCUT2D eigenvalue weighted by Crippen LogP contribution is -1.85. The van der Waals surface area contributed by atoms with Crippen LogP contribution in [0, 0.1) is 20.8 Å². The molecule has 3 aromatic rings. The summed E-state index contributed by atoms with van der Waals surface area (Å²) in [5, 5.41) is 27.4. The van der Waals surface area contributed by atoms with E-state index in [0.717, 1.165) is 11.1 Å². The molecule has 0 fully saturated rings. The lowest BCUT2D eigenvalue weighted by molar-refractivity contribution is 0.449. The number of hydrogen-bond donors (Lipinski definition) is 4. The number of nitrogens with two attached hydrogens (primary N) is 1. The van der Waals surface area contributed by atoms with E-state index in [4.69, 9.17) is 10.8 Å². The van der Waals surface area contributed by atoms with E-state index in [1.807, 2.05) is 36.4 Å². The van der Waals surface area contributed by atoms with E-state index >= 15 is 0 Å². The number of aromatic hydroxyl groups is 3. The molecule has 0 aliphatic rings. The molecular weight excluding hydrogens is 314 g/mol. The number of rotatable bonds is 0. The molecular formula is C21H25NO3. The number of hydrogen-bond acceptors (Lipinski definition) is 4. The highest BCUT2D eigenvalue weighted by molar-refractivity contribution is 5.50. The summed E-state index contributed by atoms with van der Waals surface area (Å²) in [7, 11) is 0. The highest BCUT2D eigenvalue weighted by atomic mass is 16.3. The van der Waals surface area contributed by atoms with Gasteiger partial charge in [-0.1, -0.05) is 36.4 Å². The van der Waals surface area contributed by atoms with Crippen LogP contribution in [0.25, 0.3) is 0 Å². The van der Waals surface area contributed by atoms with Crippen molar-refractivity contribution in [3.63, 3.8) is 0 Å². The average molecular weight is 339 g/mol. The van der Waals surface area contributed by atoms with E-state index in [1.54, 1.807) is 51.1 Å². The standard InChI is InChI=1S/C9H12O2.C6H7NO.C6H6/c1-5-4-8(10)6(2)7(3)9(5)11;7-5-1-3-6(8)4-2-5;1-2-4-6-5-3-1/h4,10-11H,1-3H3;1-4,8H,7H2;1-6H. The first-order valence-corrected chi connectivity index (χ1v) is 7.86. The maximum atomic E-state index is 9.40. The van der Waals surface area contributed by atoms with Gasteiger partial charge in [0, 0.05) is 5.69 Å². The van der Waals surface area contributed by atoms with E-state index in [-0.39, 0.29) is 17.2 Å². The predicted octanol–water partition coefficient (Wildman–Crippen LogP) is 4.68. The predicted molar refractivity (Wildman–Crippen MR) is 103 cm³/mol. The first kappa shape index (κ1) is 19.9. The van der Waals surface area contributed by atoms with Crippen molar-refractivity contribution >= 4 is 5.69 Å². The minimum atomic E-state index is 0.248. The van der Waals surface area contributed by atoms with Gasteiger partial charge in [0.15, 0.2) is 0 Å². The van der Waals surface area contributed by atoms with Gasteiger partial charge in [-0.25, -0.2) is 0 Å². The van der Waals surface area contributed by atoms with Crippen LogP contribution in [0.15, 0.2) is 66.7 Å². The van der Waals surface area contributed by atoms with Crippen molar-refractivity contribution in [3.8, 4) is 17.2 Å². The van der Waals surface area contributed by atoms with Gasteiger partial charge in [-0.15, -0.1) is 0 Å². The van der Waals surface area contributed by atoms with Gasteiger partial charge in [0.1, 0.15) is 17.2 Å². The van der Waals surface area contributed by atoms with Crippen molar-refractivity contribution in [2.75, 3.05) is 5.73 Å². The van der Waals surface area contributed by atoms with Crippen molar-refractivity contribution in [1.82, 2.24) is 0 Å². The normalized spacial score (nSPS) is 9.24. The van der Waals surface area contributed by atoms with Crippen molar-refractivity contribution in [2.24, 2.45) is 0 Å². The monoisotopic (exact) mass is 339 g/mol. The quantitative estimate of drug-likeness (QED) is 0.354. The summed E-state index contributed by atoms with van der Waals surface area (Å²) in [6.45, 7) is 5.34. The second-order valence-electron chi connectivity index (χ2n) is 5.56. The van der Waals surface area contributed by atoms with E-state index in [9.17, 15) is 10.2 Å². The fraction of sp³-hybridized carbons (Fsp3) is 0.143. The number of phenolic OH excluding ortho intramolecular Hbond substituents is 3. The molecule has 0 aliphatic heterocycles. The second kappa shape index (κ2) is 9.88. The van der Waals surface area contributed by atoms with E-state index < -0.39 is 0 Å². The Bertz CT molecular complexity index is 695. The van der Waals surface area contributed by atoms with Crippen LogP contribution in [-0.4, -0.2) is 15.3 Å². The highest BCUT2D eigenvalue weighted by Gasteiger charge is 2.06. The van der Waals surface area contributed by atoms with Gasteiger partial charge in [0.05, 0.1) is 0 Å². The molecule has 0 aromatic heterocycles. The van der Waals surface area contributed by atoms with Crippen molar-refractivity contribution in [1.29, 1.82) is 0 Å². The van der Waals surface area contributed by atoms with Crippen molar-refractivity contribution < 1.29 is 15.3 Å². The Hall–Kier alpha value is -3.14. The molecule has 0 radical (unpaired) electrons. The lowest BCUT2D eigenvalue weighted by atomic mass is 10.0. The molecule has 25 heavy (non-hydrogen) atoms. The van der Waals surface area contributed by atoms with Crippen LogP contribution < -0.4 is 5.73 Å². The molecule has 5 N–H and O–H groups in total. The molecule has 0 aliphatic carbocycles. The molecule has 132 valence electrons. The molecule has 4 nitrogen and oxygen atoms in total. The molecule has 0 atom stereocenters.